The standard InChI is InChI=1S/C23H25N5O3.ClH/c29-23(25-30)9-6-18-2-1-3-20(14-18)16-28-17-22(24-26-28)21-7-4-19(5-8-21)15-27-10-12-31-13-11-27;/h1-9,14,17,30H,10-13,15-16H2,(H,25,29);1H/b9-6+;. The van der Waals surface area contributed by atoms with Crippen molar-refractivity contribution in [3.63, 3.8) is 0 Å². The van der Waals surface area contributed by atoms with Crippen LogP contribution < -0.4 is 5.48 Å². The molecule has 4 rings (SSSR count). The molecule has 1 amide bonds. The molecule has 0 bridgehead atoms. The zero-order valence-corrected chi connectivity index (χ0v) is 18.4. The first kappa shape index (κ1) is 23.6. The monoisotopic (exact) mass is 455 g/mol. The maximum absolute atomic E-state index is 11.1. The van der Waals surface area contributed by atoms with Crippen LogP contribution >= 0.6 is 12.4 Å². The predicted octanol–water partition coefficient (Wildman–Crippen LogP) is 2.77. The van der Waals surface area contributed by atoms with Crippen molar-refractivity contribution in [2.45, 2.75) is 13.1 Å². The highest BCUT2D eigenvalue weighted by molar-refractivity contribution is 5.90. The third-order valence-electron chi connectivity index (χ3n) is 5.13. The maximum Gasteiger partial charge on any atom is 0.267 e. The molecule has 1 aliphatic rings. The molecule has 1 fully saturated rings. The van der Waals surface area contributed by atoms with Gasteiger partial charge in [0.1, 0.15) is 5.69 Å². The smallest absolute Gasteiger partial charge is 0.267 e. The van der Waals surface area contributed by atoms with Gasteiger partial charge in [0.2, 0.25) is 0 Å². The molecule has 2 N–H and O–H groups in total. The molecule has 2 heterocycles. The molecular formula is C23H26ClN5O3. The lowest BCUT2D eigenvalue weighted by atomic mass is 10.1. The second kappa shape index (κ2) is 11.5. The normalized spacial score (nSPS) is 14.3. The predicted molar refractivity (Wildman–Crippen MR) is 123 cm³/mol. The highest BCUT2D eigenvalue weighted by atomic mass is 35.5. The Morgan fingerprint density at radius 2 is 1.88 bits per heavy atom. The van der Waals surface area contributed by atoms with Gasteiger partial charge in [0.25, 0.3) is 5.91 Å². The summed E-state index contributed by atoms with van der Waals surface area (Å²) in [5, 5.41) is 17.1. The number of carbonyl (C=O) groups excluding carboxylic acids is 1. The van der Waals surface area contributed by atoms with Gasteiger partial charge in [0.15, 0.2) is 0 Å². The molecule has 168 valence electrons. The van der Waals surface area contributed by atoms with E-state index in [9.17, 15) is 4.79 Å². The molecule has 9 heteroatoms. The number of nitrogens with zero attached hydrogens (tertiary/aromatic N) is 4. The Labute approximate surface area is 192 Å². The Bertz CT molecular complexity index is 1050. The molecule has 1 saturated heterocycles. The molecule has 1 aliphatic heterocycles. The average molecular weight is 456 g/mol. The van der Waals surface area contributed by atoms with E-state index in [-0.39, 0.29) is 12.4 Å². The van der Waals surface area contributed by atoms with Crippen LogP contribution in [-0.2, 0) is 22.6 Å². The van der Waals surface area contributed by atoms with Crippen molar-refractivity contribution in [1.29, 1.82) is 0 Å². The molecule has 8 nitrogen and oxygen atoms in total. The van der Waals surface area contributed by atoms with Crippen molar-refractivity contribution in [1.82, 2.24) is 25.4 Å². The average Bonchev–Trinajstić information content (AvgIpc) is 3.27. The minimum atomic E-state index is -0.567. The molecule has 0 radical (unpaired) electrons. The summed E-state index contributed by atoms with van der Waals surface area (Å²) < 4.78 is 7.20. The number of rotatable bonds is 7. The summed E-state index contributed by atoms with van der Waals surface area (Å²) in [6.45, 7) is 5.05. The first-order valence-electron chi connectivity index (χ1n) is 10.2. The number of morpholine rings is 1. The van der Waals surface area contributed by atoms with Crippen LogP contribution in [0.2, 0.25) is 0 Å². The minimum Gasteiger partial charge on any atom is -0.379 e. The quantitative estimate of drug-likeness (QED) is 0.323. The van der Waals surface area contributed by atoms with Gasteiger partial charge < -0.3 is 4.74 Å². The van der Waals surface area contributed by atoms with Crippen LogP contribution in [0.25, 0.3) is 17.3 Å². The molecule has 0 saturated carbocycles. The number of nitrogens with one attached hydrogen (secondary N) is 1. The van der Waals surface area contributed by atoms with Gasteiger partial charge in [-0.15, -0.1) is 17.5 Å². The van der Waals surface area contributed by atoms with Crippen molar-refractivity contribution < 1.29 is 14.7 Å². The number of carbonyl (C=O) groups is 1. The summed E-state index contributed by atoms with van der Waals surface area (Å²) in [5.74, 6) is -0.567. The van der Waals surface area contributed by atoms with E-state index in [0.717, 1.165) is 55.2 Å². The third-order valence-corrected chi connectivity index (χ3v) is 5.13. The number of hydroxylamine groups is 1. The second-order valence-corrected chi connectivity index (χ2v) is 7.44. The van der Waals surface area contributed by atoms with E-state index in [1.54, 1.807) is 16.2 Å². The molecule has 0 aliphatic carbocycles. The van der Waals surface area contributed by atoms with E-state index >= 15 is 0 Å². The lowest BCUT2D eigenvalue weighted by Crippen LogP contribution is -2.35. The van der Waals surface area contributed by atoms with E-state index in [1.807, 2.05) is 30.5 Å². The SMILES string of the molecule is Cl.O=C(/C=C/c1cccc(Cn2cc(-c3ccc(CN4CCOCC4)cc3)nn2)c1)NO. The van der Waals surface area contributed by atoms with Crippen LogP contribution in [0.5, 0.6) is 0 Å². The van der Waals surface area contributed by atoms with Gasteiger partial charge in [-0.05, 0) is 28.8 Å². The fourth-order valence-electron chi connectivity index (χ4n) is 3.50. The number of halogens is 1. The first-order valence-corrected chi connectivity index (χ1v) is 10.2. The summed E-state index contributed by atoms with van der Waals surface area (Å²) >= 11 is 0. The van der Waals surface area contributed by atoms with Gasteiger partial charge in [0.05, 0.1) is 26.0 Å². The number of ether oxygens (including phenoxy) is 1. The fraction of sp³-hybridized carbons (Fsp3) is 0.261. The Hall–Kier alpha value is -3.04. The van der Waals surface area contributed by atoms with Crippen LogP contribution in [0.15, 0.2) is 60.8 Å². The fourth-order valence-corrected chi connectivity index (χ4v) is 3.50. The molecule has 2 aromatic carbocycles. The van der Waals surface area contributed by atoms with E-state index in [2.05, 4.69) is 39.5 Å². The van der Waals surface area contributed by atoms with Crippen molar-refractivity contribution in [3.8, 4) is 11.3 Å². The van der Waals surface area contributed by atoms with Gasteiger partial charge in [-0.2, -0.15) is 0 Å². The lowest BCUT2D eigenvalue weighted by molar-refractivity contribution is -0.124. The molecule has 1 aromatic heterocycles. The number of amides is 1. The van der Waals surface area contributed by atoms with E-state index in [1.165, 1.54) is 11.6 Å². The van der Waals surface area contributed by atoms with E-state index < -0.39 is 5.91 Å². The van der Waals surface area contributed by atoms with Crippen LogP contribution in [0.3, 0.4) is 0 Å². The van der Waals surface area contributed by atoms with Crippen LogP contribution in [0.1, 0.15) is 16.7 Å². The van der Waals surface area contributed by atoms with Crippen LogP contribution in [0, 0.1) is 0 Å². The zero-order valence-electron chi connectivity index (χ0n) is 17.6. The van der Waals surface area contributed by atoms with Crippen molar-refractivity contribution >= 4 is 24.4 Å². The summed E-state index contributed by atoms with van der Waals surface area (Å²) in [6, 6.07) is 16.2. The van der Waals surface area contributed by atoms with Crippen molar-refractivity contribution in [3.05, 3.63) is 77.5 Å². The third kappa shape index (κ3) is 6.48. The van der Waals surface area contributed by atoms with Gasteiger partial charge in [-0.3, -0.25) is 14.9 Å². The summed E-state index contributed by atoms with van der Waals surface area (Å²) in [4.78, 5) is 13.5. The van der Waals surface area contributed by atoms with Crippen LogP contribution in [0.4, 0.5) is 0 Å². The molecule has 3 aromatic rings. The van der Waals surface area contributed by atoms with Gasteiger partial charge in [0, 0.05) is 31.3 Å². The largest absolute Gasteiger partial charge is 0.379 e. The molecule has 32 heavy (non-hydrogen) atoms. The van der Waals surface area contributed by atoms with E-state index in [4.69, 9.17) is 9.94 Å². The number of aromatic nitrogens is 3. The Morgan fingerprint density at radius 3 is 2.62 bits per heavy atom. The molecule has 0 atom stereocenters. The highest BCUT2D eigenvalue weighted by Crippen LogP contribution is 2.18. The van der Waals surface area contributed by atoms with Crippen molar-refractivity contribution in [2.24, 2.45) is 0 Å². The van der Waals surface area contributed by atoms with Gasteiger partial charge >= 0.3 is 0 Å². The van der Waals surface area contributed by atoms with Gasteiger partial charge in [-0.25, -0.2) is 10.2 Å². The summed E-state index contributed by atoms with van der Waals surface area (Å²) in [7, 11) is 0. The molecule has 0 unspecified atom stereocenters. The minimum absolute atomic E-state index is 0. The maximum atomic E-state index is 11.1. The highest BCUT2D eigenvalue weighted by Gasteiger charge is 2.11. The van der Waals surface area contributed by atoms with Crippen LogP contribution in [-0.4, -0.2) is 57.3 Å². The lowest BCUT2D eigenvalue weighted by Gasteiger charge is -2.26. The number of hydrogen-bond donors (Lipinski definition) is 2. The van der Waals surface area contributed by atoms with Gasteiger partial charge in [-0.1, -0.05) is 47.7 Å². The van der Waals surface area contributed by atoms with E-state index in [0.29, 0.717) is 6.54 Å². The Kier molecular flexibility index (Phi) is 8.52. The molecular weight excluding hydrogens is 430 g/mol. The number of hydrogen-bond acceptors (Lipinski definition) is 6. The Balaban J connectivity index is 0.00000289. The first-order chi connectivity index (χ1) is 15.2. The topological polar surface area (TPSA) is 92.5 Å². The molecule has 0 spiro atoms. The Morgan fingerprint density at radius 1 is 1.09 bits per heavy atom. The van der Waals surface area contributed by atoms with Crippen molar-refractivity contribution in [2.75, 3.05) is 26.3 Å². The zero-order chi connectivity index (χ0) is 21.5. The summed E-state index contributed by atoms with van der Waals surface area (Å²) in [5.41, 5.74) is 6.60. The number of benzene rings is 2. The summed E-state index contributed by atoms with van der Waals surface area (Å²) in [6.07, 6.45) is 4.84. The second-order valence-electron chi connectivity index (χ2n) is 7.44.